The van der Waals surface area contributed by atoms with Gasteiger partial charge in [-0.2, -0.15) is 0 Å². The Hall–Kier alpha value is -1.99. The molecule has 28 heavy (non-hydrogen) atoms. The molecule has 1 aromatic rings. The van der Waals surface area contributed by atoms with E-state index in [0.717, 1.165) is 38.6 Å². The normalized spacial score (nSPS) is 14.5. The van der Waals surface area contributed by atoms with Crippen molar-refractivity contribution in [3.05, 3.63) is 29.1 Å². The maximum atomic E-state index is 11.1. The van der Waals surface area contributed by atoms with Crippen molar-refractivity contribution >= 4 is 11.9 Å². The van der Waals surface area contributed by atoms with E-state index >= 15 is 0 Å². The van der Waals surface area contributed by atoms with E-state index in [2.05, 4.69) is 22.3 Å². The Kier molecular flexibility index (Phi) is 9.37. The van der Waals surface area contributed by atoms with Crippen LogP contribution in [0.5, 0.6) is 0 Å². The van der Waals surface area contributed by atoms with Gasteiger partial charge in [-0.25, -0.2) is 0 Å². The molecule has 0 spiro atoms. The molecule has 0 aliphatic heterocycles. The smallest absolute Gasteiger partial charge is 0.320 e. The molecule has 0 saturated heterocycles. The van der Waals surface area contributed by atoms with E-state index in [9.17, 15) is 9.59 Å². The molecule has 1 aliphatic rings. The summed E-state index contributed by atoms with van der Waals surface area (Å²) in [7, 11) is 0. The van der Waals surface area contributed by atoms with E-state index in [-0.39, 0.29) is 5.91 Å². The van der Waals surface area contributed by atoms with Crippen molar-refractivity contribution in [2.24, 2.45) is 5.73 Å². The lowest BCUT2D eigenvalue weighted by Crippen LogP contribution is -2.39. The fraction of sp³-hybridized carbons (Fsp3) is 0.667. The molecule has 1 aliphatic carbocycles. The fourth-order valence-electron chi connectivity index (χ4n) is 3.58. The molecule has 0 saturated carbocycles. The van der Waals surface area contributed by atoms with Crippen molar-refractivity contribution in [2.75, 3.05) is 26.2 Å². The average molecular weight is 391 g/mol. The molecule has 1 heterocycles. The Bertz CT molecular complexity index is 651. The molecule has 4 N–H and O–H groups in total. The highest BCUT2D eigenvalue weighted by Gasteiger charge is 2.14. The summed E-state index contributed by atoms with van der Waals surface area (Å²) in [6.45, 7) is 4.23. The number of carboxylic acids is 1. The van der Waals surface area contributed by atoms with Crippen molar-refractivity contribution < 1.29 is 14.7 Å². The number of amides is 1. The van der Waals surface area contributed by atoms with E-state index in [1.165, 1.54) is 36.7 Å². The standard InChI is InChI=1S/C21H34N4O3/c1-16(26)23-12-15-25(14-11-19(22)21(27)28)13-5-4-7-18-10-9-17-6-2-3-8-20(17)24-18/h9-10,19H,2-8,11-15,22H2,1H3,(H,23,26)(H,27,28)/t19-/m0/s1. The van der Waals surface area contributed by atoms with Crippen molar-refractivity contribution in [1.29, 1.82) is 0 Å². The molecule has 7 heteroatoms. The van der Waals surface area contributed by atoms with Gasteiger partial charge in [0.05, 0.1) is 0 Å². The van der Waals surface area contributed by atoms with Gasteiger partial charge in [0.1, 0.15) is 6.04 Å². The van der Waals surface area contributed by atoms with Gasteiger partial charge in [0.25, 0.3) is 0 Å². The first-order valence-electron chi connectivity index (χ1n) is 10.4. The number of nitrogens with zero attached hydrogens (tertiary/aromatic N) is 2. The zero-order valence-electron chi connectivity index (χ0n) is 17.0. The Balaban J connectivity index is 1.75. The number of unbranched alkanes of at least 4 members (excludes halogenated alkanes) is 1. The molecule has 156 valence electrons. The third-order valence-electron chi connectivity index (χ3n) is 5.27. The molecule has 2 rings (SSSR count). The molecule has 1 atom stereocenters. The maximum Gasteiger partial charge on any atom is 0.320 e. The highest BCUT2D eigenvalue weighted by molar-refractivity contribution is 5.73. The van der Waals surface area contributed by atoms with Crippen molar-refractivity contribution in [3.8, 4) is 0 Å². The Morgan fingerprint density at radius 2 is 2.00 bits per heavy atom. The lowest BCUT2D eigenvalue weighted by molar-refractivity contribution is -0.138. The van der Waals surface area contributed by atoms with Gasteiger partial charge in [-0.05, 0) is 69.5 Å². The first kappa shape index (κ1) is 22.3. The topological polar surface area (TPSA) is 109 Å². The number of carbonyl (C=O) groups is 2. The Labute approximate surface area is 167 Å². The van der Waals surface area contributed by atoms with Crippen LogP contribution in [0.25, 0.3) is 0 Å². The summed E-state index contributed by atoms with van der Waals surface area (Å²) in [5, 5.41) is 11.8. The van der Waals surface area contributed by atoms with Gasteiger partial charge in [-0.15, -0.1) is 0 Å². The maximum absolute atomic E-state index is 11.1. The van der Waals surface area contributed by atoms with E-state index in [0.29, 0.717) is 26.1 Å². The first-order chi connectivity index (χ1) is 13.5. The number of carboxylic acid groups (broad SMARTS) is 1. The second-order valence-electron chi connectivity index (χ2n) is 7.63. The summed E-state index contributed by atoms with van der Waals surface area (Å²) >= 11 is 0. The Morgan fingerprint density at radius 1 is 1.21 bits per heavy atom. The number of carbonyl (C=O) groups excluding carboxylic acids is 1. The number of nitrogens with one attached hydrogen (secondary N) is 1. The van der Waals surface area contributed by atoms with Crippen LogP contribution < -0.4 is 11.1 Å². The number of fused-ring (bicyclic) bond motifs is 1. The van der Waals surface area contributed by atoms with E-state index in [1.807, 2.05) is 0 Å². The molecule has 0 unspecified atom stereocenters. The Morgan fingerprint density at radius 3 is 2.75 bits per heavy atom. The van der Waals surface area contributed by atoms with Crippen LogP contribution in [-0.2, 0) is 28.9 Å². The largest absolute Gasteiger partial charge is 0.480 e. The molecule has 7 nitrogen and oxygen atoms in total. The van der Waals surface area contributed by atoms with E-state index < -0.39 is 12.0 Å². The number of hydrogen-bond acceptors (Lipinski definition) is 5. The number of aliphatic carboxylic acids is 1. The summed E-state index contributed by atoms with van der Waals surface area (Å²) in [6, 6.07) is 3.55. The molecule has 0 fully saturated rings. The van der Waals surface area contributed by atoms with Gasteiger partial charge < -0.3 is 21.1 Å². The van der Waals surface area contributed by atoms with Gasteiger partial charge in [0.15, 0.2) is 0 Å². The first-order valence-corrected chi connectivity index (χ1v) is 10.4. The predicted molar refractivity (Wildman–Crippen MR) is 109 cm³/mol. The zero-order valence-corrected chi connectivity index (χ0v) is 17.0. The third kappa shape index (κ3) is 7.94. The van der Waals surface area contributed by atoms with Gasteiger partial charge in [0.2, 0.25) is 5.91 Å². The van der Waals surface area contributed by atoms with Crippen LogP contribution in [0.15, 0.2) is 12.1 Å². The van der Waals surface area contributed by atoms with Crippen LogP contribution in [-0.4, -0.2) is 59.1 Å². The van der Waals surface area contributed by atoms with Gasteiger partial charge in [-0.1, -0.05) is 6.07 Å². The minimum absolute atomic E-state index is 0.0549. The molecular formula is C21H34N4O3. The van der Waals surface area contributed by atoms with E-state index in [1.54, 1.807) is 0 Å². The number of aryl methyl sites for hydroxylation is 3. The highest BCUT2D eigenvalue weighted by atomic mass is 16.4. The van der Waals surface area contributed by atoms with Crippen LogP contribution >= 0.6 is 0 Å². The number of hydrogen-bond donors (Lipinski definition) is 3. The number of nitrogens with two attached hydrogens (primary N) is 1. The lowest BCUT2D eigenvalue weighted by Gasteiger charge is -2.23. The van der Waals surface area contributed by atoms with Gasteiger partial charge >= 0.3 is 5.97 Å². The molecule has 1 aromatic heterocycles. The second-order valence-corrected chi connectivity index (χ2v) is 7.63. The highest BCUT2D eigenvalue weighted by Crippen LogP contribution is 2.20. The van der Waals surface area contributed by atoms with Gasteiger partial charge in [-0.3, -0.25) is 14.6 Å². The second kappa shape index (κ2) is 11.8. The van der Waals surface area contributed by atoms with Crippen LogP contribution in [0.2, 0.25) is 0 Å². The minimum atomic E-state index is -0.972. The minimum Gasteiger partial charge on any atom is -0.480 e. The fourth-order valence-corrected chi connectivity index (χ4v) is 3.58. The summed E-state index contributed by atoms with van der Waals surface area (Å²) in [6.07, 6.45) is 8.17. The van der Waals surface area contributed by atoms with Crippen LogP contribution in [0.4, 0.5) is 0 Å². The summed E-state index contributed by atoms with van der Waals surface area (Å²) < 4.78 is 0. The molecule has 1 amide bonds. The van der Waals surface area contributed by atoms with Crippen molar-refractivity contribution in [3.63, 3.8) is 0 Å². The molecule has 0 aromatic carbocycles. The van der Waals surface area contributed by atoms with Crippen molar-refractivity contribution in [1.82, 2.24) is 15.2 Å². The quantitative estimate of drug-likeness (QED) is 0.467. The SMILES string of the molecule is CC(=O)NCCN(CCCCc1ccc2c(n1)CCCC2)CC[C@H](N)C(=O)O. The third-order valence-corrected chi connectivity index (χ3v) is 5.27. The summed E-state index contributed by atoms with van der Waals surface area (Å²) in [5.41, 5.74) is 9.48. The lowest BCUT2D eigenvalue weighted by atomic mass is 9.95. The monoisotopic (exact) mass is 390 g/mol. The summed E-state index contributed by atoms with van der Waals surface area (Å²) in [5.74, 6) is -1.03. The summed E-state index contributed by atoms with van der Waals surface area (Å²) in [4.78, 5) is 29.0. The van der Waals surface area contributed by atoms with Crippen LogP contribution in [0, 0.1) is 0 Å². The molecule has 0 bridgehead atoms. The van der Waals surface area contributed by atoms with Crippen molar-refractivity contribution in [2.45, 2.75) is 64.3 Å². The number of pyridine rings is 1. The predicted octanol–water partition coefficient (Wildman–Crippen LogP) is 1.52. The zero-order chi connectivity index (χ0) is 20.4. The van der Waals surface area contributed by atoms with E-state index in [4.69, 9.17) is 15.8 Å². The number of aromatic nitrogens is 1. The average Bonchev–Trinajstić information content (AvgIpc) is 2.68. The van der Waals surface area contributed by atoms with Crippen LogP contribution in [0.3, 0.4) is 0 Å². The number of rotatable bonds is 12. The molecular weight excluding hydrogens is 356 g/mol. The van der Waals surface area contributed by atoms with Gasteiger partial charge in [0, 0.05) is 37.9 Å². The molecule has 0 radical (unpaired) electrons. The van der Waals surface area contributed by atoms with Crippen LogP contribution in [0.1, 0.15) is 56.0 Å².